The Morgan fingerprint density at radius 2 is 2.00 bits per heavy atom. The fraction of sp³-hybridized carbons (Fsp3) is 0.300. The highest BCUT2D eigenvalue weighted by Crippen LogP contribution is 2.36. The average Bonchev–Trinajstić information content (AvgIpc) is 2.44. The van der Waals surface area contributed by atoms with Crippen molar-refractivity contribution in [2.75, 3.05) is 0 Å². The Morgan fingerprint density at radius 3 is 2.69 bits per heavy atom. The van der Waals surface area contributed by atoms with Crippen LogP contribution in [0.15, 0.2) is 15.0 Å². The molecular weight excluding hydrogens is 296 g/mol. The zero-order chi connectivity index (χ0) is 9.59. The van der Waals surface area contributed by atoms with E-state index < -0.39 is 0 Å². The third-order valence-corrected chi connectivity index (χ3v) is 4.11. The summed E-state index contributed by atoms with van der Waals surface area (Å²) in [5.74, 6) is 0.256. The van der Waals surface area contributed by atoms with E-state index in [1.54, 1.807) is 0 Å². The van der Waals surface area contributed by atoms with E-state index in [9.17, 15) is 4.79 Å². The van der Waals surface area contributed by atoms with Crippen LogP contribution in [0.3, 0.4) is 0 Å². The molecule has 0 fully saturated rings. The monoisotopic (exact) mass is 302 g/mol. The molecule has 1 aromatic carbocycles. The normalized spacial score (nSPS) is 14.8. The molecule has 0 unspecified atom stereocenters. The molecule has 0 saturated heterocycles. The van der Waals surface area contributed by atoms with Gasteiger partial charge in [-0.2, -0.15) is 0 Å². The van der Waals surface area contributed by atoms with Crippen molar-refractivity contribution >= 4 is 37.6 Å². The summed E-state index contributed by atoms with van der Waals surface area (Å²) in [7, 11) is 0. The van der Waals surface area contributed by atoms with Crippen LogP contribution in [0, 0.1) is 6.92 Å². The van der Waals surface area contributed by atoms with E-state index in [1.807, 2.05) is 6.92 Å². The Balaban J connectivity index is 2.77. The summed E-state index contributed by atoms with van der Waals surface area (Å²) in [5.41, 5.74) is 3.15. The highest BCUT2D eigenvalue weighted by molar-refractivity contribution is 9.11. The maximum Gasteiger partial charge on any atom is 0.164 e. The maximum atomic E-state index is 11.5. The molecule has 3 heteroatoms. The van der Waals surface area contributed by atoms with Crippen molar-refractivity contribution in [3.63, 3.8) is 0 Å². The van der Waals surface area contributed by atoms with Crippen LogP contribution in [-0.4, -0.2) is 5.78 Å². The molecule has 0 radical (unpaired) electrons. The van der Waals surface area contributed by atoms with Gasteiger partial charge in [0.25, 0.3) is 0 Å². The quantitative estimate of drug-likeness (QED) is 0.715. The van der Waals surface area contributed by atoms with Crippen LogP contribution >= 0.6 is 31.9 Å². The summed E-state index contributed by atoms with van der Waals surface area (Å²) in [6.07, 6.45) is 1.52. The van der Waals surface area contributed by atoms with E-state index in [4.69, 9.17) is 0 Å². The minimum Gasteiger partial charge on any atom is -0.294 e. The van der Waals surface area contributed by atoms with Crippen molar-refractivity contribution in [1.29, 1.82) is 0 Å². The molecule has 0 bridgehead atoms. The van der Waals surface area contributed by atoms with Gasteiger partial charge in [-0.15, -0.1) is 0 Å². The summed E-state index contributed by atoms with van der Waals surface area (Å²) < 4.78 is 2.03. The van der Waals surface area contributed by atoms with Crippen LogP contribution in [0.4, 0.5) is 0 Å². The number of fused-ring (bicyclic) bond motifs is 1. The lowest BCUT2D eigenvalue weighted by molar-refractivity contribution is 0.0994. The molecular formula is C10H8Br2O. The van der Waals surface area contributed by atoms with E-state index >= 15 is 0 Å². The Labute approximate surface area is 93.8 Å². The fourth-order valence-corrected chi connectivity index (χ4v) is 3.00. The predicted molar refractivity (Wildman–Crippen MR) is 59.2 cm³/mol. The van der Waals surface area contributed by atoms with E-state index in [1.165, 1.54) is 0 Å². The van der Waals surface area contributed by atoms with E-state index in [-0.39, 0.29) is 5.78 Å². The molecule has 0 N–H and O–H groups in total. The lowest BCUT2D eigenvalue weighted by Gasteiger charge is -2.06. The first-order valence-electron chi connectivity index (χ1n) is 4.12. The predicted octanol–water partition coefficient (Wildman–Crippen LogP) is 3.65. The van der Waals surface area contributed by atoms with Gasteiger partial charge in [-0.1, -0.05) is 15.9 Å². The zero-order valence-corrected chi connectivity index (χ0v) is 10.3. The number of aryl methyl sites for hydroxylation is 1. The standard InChI is InChI=1S/C10H8Br2O/c1-5-4-7(11)6-2-3-8(13)9(6)10(5)12/h4H,2-3H2,1H3. The van der Waals surface area contributed by atoms with Crippen LogP contribution in [-0.2, 0) is 6.42 Å². The van der Waals surface area contributed by atoms with Gasteiger partial charge in [-0.25, -0.2) is 0 Å². The van der Waals surface area contributed by atoms with Gasteiger partial charge in [-0.3, -0.25) is 4.79 Å². The Morgan fingerprint density at radius 1 is 1.31 bits per heavy atom. The van der Waals surface area contributed by atoms with Gasteiger partial charge in [0.05, 0.1) is 0 Å². The second-order valence-corrected chi connectivity index (χ2v) is 4.91. The summed E-state index contributed by atoms with van der Waals surface area (Å²) in [6.45, 7) is 2.00. The summed E-state index contributed by atoms with van der Waals surface area (Å²) in [5, 5.41) is 0. The molecule has 0 atom stereocenters. The third kappa shape index (κ3) is 1.38. The molecule has 13 heavy (non-hydrogen) atoms. The average molecular weight is 304 g/mol. The number of hydrogen-bond donors (Lipinski definition) is 0. The molecule has 68 valence electrons. The van der Waals surface area contributed by atoms with E-state index in [2.05, 4.69) is 37.9 Å². The third-order valence-electron chi connectivity index (χ3n) is 2.38. The second kappa shape index (κ2) is 3.21. The molecule has 0 aromatic heterocycles. The molecule has 1 aromatic rings. The van der Waals surface area contributed by atoms with Gasteiger partial charge >= 0.3 is 0 Å². The minimum absolute atomic E-state index is 0.256. The first-order chi connectivity index (χ1) is 6.11. The van der Waals surface area contributed by atoms with E-state index in [0.29, 0.717) is 6.42 Å². The van der Waals surface area contributed by atoms with Crippen LogP contribution in [0.2, 0.25) is 0 Å². The number of benzene rings is 1. The molecule has 0 amide bonds. The molecule has 1 aliphatic rings. The molecule has 0 heterocycles. The van der Waals surface area contributed by atoms with Crippen LogP contribution in [0.5, 0.6) is 0 Å². The maximum absolute atomic E-state index is 11.5. The summed E-state index contributed by atoms with van der Waals surface area (Å²) in [6, 6.07) is 2.06. The van der Waals surface area contributed by atoms with E-state index in [0.717, 1.165) is 32.1 Å². The van der Waals surface area contributed by atoms with Gasteiger partial charge in [-0.05, 0) is 46.5 Å². The van der Waals surface area contributed by atoms with Crippen LogP contribution in [0.25, 0.3) is 0 Å². The number of carbonyl (C=O) groups excluding carboxylic acids is 1. The smallest absolute Gasteiger partial charge is 0.164 e. The van der Waals surface area contributed by atoms with Gasteiger partial charge in [0.1, 0.15) is 0 Å². The molecule has 0 aliphatic heterocycles. The molecule has 2 rings (SSSR count). The lowest BCUT2D eigenvalue weighted by atomic mass is 10.1. The highest BCUT2D eigenvalue weighted by atomic mass is 79.9. The minimum atomic E-state index is 0.256. The van der Waals surface area contributed by atoms with Crippen LogP contribution in [0.1, 0.15) is 27.9 Å². The number of hydrogen-bond acceptors (Lipinski definition) is 1. The van der Waals surface area contributed by atoms with Crippen molar-refractivity contribution in [1.82, 2.24) is 0 Å². The molecule has 0 saturated carbocycles. The Kier molecular flexibility index (Phi) is 2.32. The number of halogens is 2. The van der Waals surface area contributed by atoms with Crippen molar-refractivity contribution in [3.8, 4) is 0 Å². The van der Waals surface area contributed by atoms with Gasteiger partial charge in [0.15, 0.2) is 5.78 Å². The van der Waals surface area contributed by atoms with Crippen molar-refractivity contribution in [2.45, 2.75) is 19.8 Å². The first kappa shape index (κ1) is 9.41. The van der Waals surface area contributed by atoms with Crippen molar-refractivity contribution < 1.29 is 4.79 Å². The topological polar surface area (TPSA) is 17.1 Å². The SMILES string of the molecule is Cc1cc(Br)c2c(c1Br)C(=O)CC2. The van der Waals surface area contributed by atoms with Crippen molar-refractivity contribution in [2.24, 2.45) is 0 Å². The zero-order valence-electron chi connectivity index (χ0n) is 7.16. The Hall–Kier alpha value is -0.150. The summed E-state index contributed by atoms with van der Waals surface area (Å²) in [4.78, 5) is 11.5. The molecule has 1 nitrogen and oxygen atoms in total. The number of carbonyl (C=O) groups is 1. The summed E-state index contributed by atoms with van der Waals surface area (Å²) >= 11 is 6.95. The first-order valence-corrected chi connectivity index (χ1v) is 5.70. The largest absolute Gasteiger partial charge is 0.294 e. The molecule has 1 aliphatic carbocycles. The fourth-order valence-electron chi connectivity index (χ4n) is 1.69. The number of Topliss-reactive ketones (excluding diaryl/α,β-unsaturated/α-hetero) is 1. The van der Waals surface area contributed by atoms with Crippen molar-refractivity contribution in [3.05, 3.63) is 31.7 Å². The van der Waals surface area contributed by atoms with Gasteiger partial charge in [0.2, 0.25) is 0 Å². The lowest BCUT2D eigenvalue weighted by Crippen LogP contribution is -1.95. The highest BCUT2D eigenvalue weighted by Gasteiger charge is 2.25. The number of rotatable bonds is 0. The molecule has 0 spiro atoms. The van der Waals surface area contributed by atoms with Gasteiger partial charge in [0, 0.05) is 20.9 Å². The van der Waals surface area contributed by atoms with Crippen LogP contribution < -0.4 is 0 Å². The van der Waals surface area contributed by atoms with Gasteiger partial charge < -0.3 is 0 Å². The second-order valence-electron chi connectivity index (χ2n) is 3.27. The Bertz CT molecular complexity index is 396. The number of ketones is 1.